The van der Waals surface area contributed by atoms with Gasteiger partial charge in [0.25, 0.3) is 0 Å². The first-order valence-electron chi connectivity index (χ1n) is 6.51. The van der Waals surface area contributed by atoms with Crippen molar-refractivity contribution in [2.45, 2.75) is 18.9 Å². The molecule has 0 aliphatic heterocycles. The molecule has 3 rings (SSSR count). The highest BCUT2D eigenvalue weighted by Crippen LogP contribution is 2.47. The molecule has 0 spiro atoms. The molecule has 0 bridgehead atoms. The van der Waals surface area contributed by atoms with E-state index in [1.54, 1.807) is 10.9 Å². The lowest BCUT2D eigenvalue weighted by atomic mass is 10.1. The summed E-state index contributed by atoms with van der Waals surface area (Å²) >= 11 is 3.42. The number of carbonyl (C=O) groups is 1. The third kappa shape index (κ3) is 2.75. The maximum absolute atomic E-state index is 12.1. The molecule has 0 unspecified atom stereocenters. The van der Waals surface area contributed by atoms with Crippen LogP contribution in [0.15, 0.2) is 35.1 Å². The van der Waals surface area contributed by atoms with E-state index in [-0.39, 0.29) is 11.8 Å². The Morgan fingerprint density at radius 1 is 1.45 bits per heavy atom. The fourth-order valence-electron chi connectivity index (χ4n) is 2.33. The Morgan fingerprint density at radius 3 is 2.85 bits per heavy atom. The molecular formula is C14H15BrN4O. The SMILES string of the molecule is Cn1cnnc1CNC(=O)[C@H]1C[C@@H]1c1ccc(Br)cc1. The molecule has 1 aliphatic rings. The molecule has 1 amide bonds. The standard InChI is InChI=1S/C14H15BrN4O/c1-19-8-17-18-13(19)7-16-14(20)12-6-11(12)9-2-4-10(15)5-3-9/h2-5,8,11-12H,6-7H2,1H3,(H,16,20)/t11-,12+/m1/s1. The predicted molar refractivity (Wildman–Crippen MR) is 77.8 cm³/mol. The van der Waals surface area contributed by atoms with Crippen LogP contribution >= 0.6 is 15.9 Å². The van der Waals surface area contributed by atoms with Gasteiger partial charge < -0.3 is 9.88 Å². The van der Waals surface area contributed by atoms with Crippen molar-refractivity contribution in [3.05, 3.63) is 46.5 Å². The average Bonchev–Trinajstić information content (AvgIpc) is 3.14. The van der Waals surface area contributed by atoms with Crippen molar-refractivity contribution in [2.24, 2.45) is 13.0 Å². The Kier molecular flexibility index (Phi) is 3.56. The van der Waals surface area contributed by atoms with Crippen molar-refractivity contribution in [1.82, 2.24) is 20.1 Å². The number of amides is 1. The Hall–Kier alpha value is -1.69. The van der Waals surface area contributed by atoms with Gasteiger partial charge in [0.1, 0.15) is 6.33 Å². The summed E-state index contributed by atoms with van der Waals surface area (Å²) in [7, 11) is 1.86. The van der Waals surface area contributed by atoms with Gasteiger partial charge in [-0.2, -0.15) is 0 Å². The normalized spacial score (nSPS) is 20.7. The first-order valence-corrected chi connectivity index (χ1v) is 7.30. The fourth-order valence-corrected chi connectivity index (χ4v) is 2.59. The predicted octanol–water partition coefficient (Wildman–Crippen LogP) is 2.00. The topological polar surface area (TPSA) is 59.8 Å². The van der Waals surface area contributed by atoms with Crippen LogP contribution in [0.25, 0.3) is 0 Å². The van der Waals surface area contributed by atoms with Crippen molar-refractivity contribution in [3.8, 4) is 0 Å². The van der Waals surface area contributed by atoms with E-state index in [2.05, 4.69) is 43.6 Å². The minimum Gasteiger partial charge on any atom is -0.349 e. The number of carbonyl (C=O) groups excluding carboxylic acids is 1. The Morgan fingerprint density at radius 2 is 2.20 bits per heavy atom. The molecule has 5 nitrogen and oxygen atoms in total. The van der Waals surface area contributed by atoms with Crippen molar-refractivity contribution >= 4 is 21.8 Å². The van der Waals surface area contributed by atoms with E-state index < -0.39 is 0 Å². The second kappa shape index (κ2) is 5.36. The van der Waals surface area contributed by atoms with Crippen molar-refractivity contribution in [3.63, 3.8) is 0 Å². The summed E-state index contributed by atoms with van der Waals surface area (Å²) in [6, 6.07) is 8.18. The summed E-state index contributed by atoms with van der Waals surface area (Å²) in [6.45, 7) is 0.429. The summed E-state index contributed by atoms with van der Waals surface area (Å²) < 4.78 is 2.87. The van der Waals surface area contributed by atoms with E-state index >= 15 is 0 Å². The zero-order valence-electron chi connectivity index (χ0n) is 11.1. The number of aromatic nitrogens is 3. The molecule has 0 saturated heterocycles. The lowest BCUT2D eigenvalue weighted by Gasteiger charge is -2.04. The third-order valence-electron chi connectivity index (χ3n) is 3.65. The number of benzene rings is 1. The zero-order valence-corrected chi connectivity index (χ0v) is 12.7. The summed E-state index contributed by atoms with van der Waals surface area (Å²) in [5.74, 6) is 1.30. The van der Waals surface area contributed by atoms with Crippen molar-refractivity contribution in [1.29, 1.82) is 0 Å². The largest absolute Gasteiger partial charge is 0.349 e. The van der Waals surface area contributed by atoms with Gasteiger partial charge in [-0.15, -0.1) is 10.2 Å². The number of halogens is 1. The smallest absolute Gasteiger partial charge is 0.224 e. The molecule has 104 valence electrons. The first kappa shape index (κ1) is 13.3. The highest BCUT2D eigenvalue weighted by Gasteiger charge is 2.43. The lowest BCUT2D eigenvalue weighted by molar-refractivity contribution is -0.122. The van der Waals surface area contributed by atoms with Gasteiger partial charge in [-0.1, -0.05) is 28.1 Å². The van der Waals surface area contributed by atoms with Gasteiger partial charge in [0.2, 0.25) is 5.91 Å². The molecule has 1 aromatic heterocycles. The summed E-state index contributed by atoms with van der Waals surface area (Å²) in [6.07, 6.45) is 2.55. The van der Waals surface area contributed by atoms with Gasteiger partial charge in [0, 0.05) is 17.4 Å². The van der Waals surface area contributed by atoms with Crippen LogP contribution in [0.3, 0.4) is 0 Å². The molecule has 20 heavy (non-hydrogen) atoms. The Balaban J connectivity index is 1.55. The minimum absolute atomic E-state index is 0.0874. The van der Waals surface area contributed by atoms with Gasteiger partial charge >= 0.3 is 0 Å². The second-order valence-electron chi connectivity index (χ2n) is 5.08. The molecule has 1 aliphatic carbocycles. The summed E-state index contributed by atoms with van der Waals surface area (Å²) in [4.78, 5) is 12.1. The van der Waals surface area contributed by atoms with E-state index in [1.165, 1.54) is 5.56 Å². The number of nitrogens with zero attached hydrogens (tertiary/aromatic N) is 3. The average molecular weight is 335 g/mol. The number of rotatable bonds is 4. The highest BCUT2D eigenvalue weighted by atomic mass is 79.9. The molecule has 0 radical (unpaired) electrons. The van der Waals surface area contributed by atoms with Crippen LogP contribution in [0.5, 0.6) is 0 Å². The fraction of sp³-hybridized carbons (Fsp3) is 0.357. The molecule has 1 heterocycles. The van der Waals surface area contributed by atoms with Crippen LogP contribution in [0.1, 0.15) is 23.7 Å². The van der Waals surface area contributed by atoms with Crippen molar-refractivity contribution < 1.29 is 4.79 Å². The minimum atomic E-state index is 0.0874. The highest BCUT2D eigenvalue weighted by molar-refractivity contribution is 9.10. The maximum Gasteiger partial charge on any atom is 0.224 e. The van der Waals surface area contributed by atoms with Crippen LogP contribution in [0, 0.1) is 5.92 Å². The Bertz CT molecular complexity index is 622. The lowest BCUT2D eigenvalue weighted by Crippen LogP contribution is -2.26. The number of aryl methyl sites for hydroxylation is 1. The van der Waals surface area contributed by atoms with E-state index in [9.17, 15) is 4.79 Å². The van der Waals surface area contributed by atoms with Crippen LogP contribution in [-0.4, -0.2) is 20.7 Å². The molecule has 2 atom stereocenters. The first-order chi connectivity index (χ1) is 9.65. The number of hydrogen-bond donors (Lipinski definition) is 1. The van der Waals surface area contributed by atoms with Crippen LogP contribution in [0.4, 0.5) is 0 Å². The monoisotopic (exact) mass is 334 g/mol. The summed E-state index contributed by atoms with van der Waals surface area (Å²) in [5.41, 5.74) is 1.23. The molecule has 1 saturated carbocycles. The summed E-state index contributed by atoms with van der Waals surface area (Å²) in [5, 5.41) is 10.7. The second-order valence-corrected chi connectivity index (χ2v) is 5.99. The maximum atomic E-state index is 12.1. The number of hydrogen-bond acceptors (Lipinski definition) is 3. The zero-order chi connectivity index (χ0) is 14.1. The molecular weight excluding hydrogens is 320 g/mol. The van der Waals surface area contributed by atoms with Gasteiger partial charge in [-0.05, 0) is 30.0 Å². The van der Waals surface area contributed by atoms with Crippen LogP contribution in [0.2, 0.25) is 0 Å². The molecule has 6 heteroatoms. The van der Waals surface area contributed by atoms with Crippen LogP contribution in [-0.2, 0) is 18.4 Å². The number of nitrogens with one attached hydrogen (secondary N) is 1. The van der Waals surface area contributed by atoms with Crippen molar-refractivity contribution in [2.75, 3.05) is 0 Å². The van der Waals surface area contributed by atoms with Gasteiger partial charge in [0.15, 0.2) is 5.82 Å². The van der Waals surface area contributed by atoms with Crippen LogP contribution < -0.4 is 5.32 Å². The Labute approximate surface area is 125 Å². The van der Waals surface area contributed by atoms with Gasteiger partial charge in [0.05, 0.1) is 6.54 Å². The molecule has 2 aromatic rings. The van der Waals surface area contributed by atoms with E-state index in [0.29, 0.717) is 12.5 Å². The molecule has 1 fully saturated rings. The quantitative estimate of drug-likeness (QED) is 0.930. The molecule has 1 aromatic carbocycles. The van der Waals surface area contributed by atoms with Gasteiger partial charge in [-0.3, -0.25) is 4.79 Å². The van der Waals surface area contributed by atoms with E-state index in [0.717, 1.165) is 16.7 Å². The van der Waals surface area contributed by atoms with E-state index in [1.807, 2.05) is 19.2 Å². The molecule has 1 N–H and O–H groups in total. The third-order valence-corrected chi connectivity index (χ3v) is 4.18. The van der Waals surface area contributed by atoms with Gasteiger partial charge in [-0.25, -0.2) is 0 Å². The van der Waals surface area contributed by atoms with E-state index in [4.69, 9.17) is 0 Å².